The number of carboxylic acids is 1. The Morgan fingerprint density at radius 1 is 1.26 bits per heavy atom. The second-order valence-corrected chi connectivity index (χ2v) is 8.71. The molecule has 2 aliphatic heterocycles. The predicted molar refractivity (Wildman–Crippen MR) is 120 cm³/mol. The number of aliphatic hydroxyl groups is 1. The van der Waals surface area contributed by atoms with Gasteiger partial charge in [-0.3, -0.25) is 14.9 Å². The first-order valence-corrected chi connectivity index (χ1v) is 11.3. The standard InChI is InChI=1S/C23H28N2O5S/c24-23(29)18(8-11-22(27)28)25-21(26)10-7-15-6-9-19(30-13-15)20-12-17(14-31-20)16-4-2-1-3-5-16/h1-6,9,12-13,17-19,21,25-26H,7-8,10-11,14H2,(H2,24,29)(H,27,28). The number of nitrogens with two attached hydrogens (primary N) is 1. The minimum absolute atomic E-state index is 0.0336. The molecule has 4 atom stereocenters. The van der Waals surface area contributed by atoms with Crippen molar-refractivity contribution in [2.75, 3.05) is 5.75 Å². The van der Waals surface area contributed by atoms with Gasteiger partial charge in [0.2, 0.25) is 5.91 Å². The minimum atomic E-state index is -1.02. The highest BCUT2D eigenvalue weighted by Crippen LogP contribution is 2.39. The van der Waals surface area contributed by atoms with Gasteiger partial charge in [0.25, 0.3) is 0 Å². The summed E-state index contributed by atoms with van der Waals surface area (Å²) in [5, 5.41) is 21.6. The molecule has 7 nitrogen and oxygen atoms in total. The first kappa shape index (κ1) is 23.1. The van der Waals surface area contributed by atoms with E-state index in [0.717, 1.165) is 11.3 Å². The molecular weight excluding hydrogens is 416 g/mol. The van der Waals surface area contributed by atoms with Gasteiger partial charge in [-0.25, -0.2) is 0 Å². The zero-order valence-electron chi connectivity index (χ0n) is 17.1. The lowest BCUT2D eigenvalue weighted by Crippen LogP contribution is -2.46. The Morgan fingerprint density at radius 3 is 2.68 bits per heavy atom. The van der Waals surface area contributed by atoms with Gasteiger partial charge in [0, 0.05) is 23.0 Å². The number of benzene rings is 1. The summed E-state index contributed by atoms with van der Waals surface area (Å²) in [7, 11) is 0. The Bertz CT molecular complexity index is 868. The molecule has 4 unspecified atom stereocenters. The lowest BCUT2D eigenvalue weighted by atomic mass is 10.00. The fourth-order valence-corrected chi connectivity index (χ4v) is 4.72. The van der Waals surface area contributed by atoms with Gasteiger partial charge in [-0.05, 0) is 36.5 Å². The van der Waals surface area contributed by atoms with Crippen LogP contribution in [0.25, 0.3) is 0 Å². The summed E-state index contributed by atoms with van der Waals surface area (Å²) in [4.78, 5) is 23.3. The molecular formula is C23H28N2O5S. The topological polar surface area (TPSA) is 122 Å². The van der Waals surface area contributed by atoms with E-state index in [0.29, 0.717) is 18.8 Å². The second-order valence-electron chi connectivity index (χ2n) is 7.61. The Balaban J connectivity index is 1.45. The number of thioether (sulfide) groups is 1. The molecule has 2 aliphatic rings. The van der Waals surface area contributed by atoms with Crippen molar-refractivity contribution in [2.45, 2.75) is 50.0 Å². The van der Waals surface area contributed by atoms with E-state index in [2.05, 4.69) is 35.7 Å². The van der Waals surface area contributed by atoms with Crippen molar-refractivity contribution in [2.24, 2.45) is 5.73 Å². The summed E-state index contributed by atoms with van der Waals surface area (Å²) in [6.07, 6.45) is 7.64. The first-order valence-electron chi connectivity index (χ1n) is 10.3. The average Bonchev–Trinajstić information content (AvgIpc) is 3.26. The number of ether oxygens (including phenoxy) is 1. The van der Waals surface area contributed by atoms with Crippen LogP contribution in [0.1, 0.15) is 37.2 Å². The normalized spacial score (nSPS) is 22.2. The maximum absolute atomic E-state index is 11.4. The molecule has 0 saturated carbocycles. The molecule has 1 aromatic rings. The SMILES string of the molecule is NC(=O)C(CCC(=O)O)NC(O)CCC1=COC(C2=CC(c3ccccc3)CS2)C=C1. The number of amides is 1. The molecule has 1 amide bonds. The van der Waals surface area contributed by atoms with Crippen molar-refractivity contribution in [3.63, 3.8) is 0 Å². The molecule has 2 heterocycles. The number of carbonyl (C=O) groups excluding carboxylic acids is 1. The third kappa shape index (κ3) is 6.99. The third-order valence-corrected chi connectivity index (χ3v) is 6.47. The number of aliphatic carboxylic acids is 1. The Kier molecular flexibility index (Phi) is 8.34. The highest BCUT2D eigenvalue weighted by Gasteiger charge is 2.25. The number of carbonyl (C=O) groups is 2. The smallest absolute Gasteiger partial charge is 0.303 e. The number of primary amides is 1. The van der Waals surface area contributed by atoms with E-state index in [1.165, 1.54) is 10.5 Å². The van der Waals surface area contributed by atoms with Crippen LogP contribution in [0.2, 0.25) is 0 Å². The van der Waals surface area contributed by atoms with E-state index in [4.69, 9.17) is 15.6 Å². The van der Waals surface area contributed by atoms with Gasteiger partial charge >= 0.3 is 5.97 Å². The lowest BCUT2D eigenvalue weighted by molar-refractivity contribution is -0.137. The van der Waals surface area contributed by atoms with Crippen molar-refractivity contribution in [3.8, 4) is 0 Å². The highest BCUT2D eigenvalue weighted by atomic mass is 32.2. The number of rotatable bonds is 11. The number of hydrogen-bond donors (Lipinski definition) is 4. The molecule has 0 saturated heterocycles. The van der Waals surface area contributed by atoms with Gasteiger partial charge < -0.3 is 20.7 Å². The predicted octanol–water partition coefficient (Wildman–Crippen LogP) is 2.65. The summed E-state index contributed by atoms with van der Waals surface area (Å²) >= 11 is 1.81. The van der Waals surface area contributed by atoms with E-state index in [9.17, 15) is 14.7 Å². The van der Waals surface area contributed by atoms with Crippen LogP contribution in [0.15, 0.2) is 65.3 Å². The zero-order valence-corrected chi connectivity index (χ0v) is 18.0. The fraction of sp³-hybridized carbons (Fsp3) is 0.391. The highest BCUT2D eigenvalue weighted by molar-refractivity contribution is 8.03. The van der Waals surface area contributed by atoms with Crippen LogP contribution >= 0.6 is 11.8 Å². The maximum Gasteiger partial charge on any atom is 0.303 e. The van der Waals surface area contributed by atoms with E-state index in [-0.39, 0.29) is 18.9 Å². The van der Waals surface area contributed by atoms with E-state index >= 15 is 0 Å². The summed E-state index contributed by atoms with van der Waals surface area (Å²) in [6.45, 7) is 0. The van der Waals surface area contributed by atoms with Gasteiger partial charge in [0.1, 0.15) is 12.3 Å². The monoisotopic (exact) mass is 444 g/mol. The summed E-state index contributed by atoms with van der Waals surface area (Å²) < 4.78 is 5.90. The average molecular weight is 445 g/mol. The maximum atomic E-state index is 11.4. The van der Waals surface area contributed by atoms with Crippen molar-refractivity contribution in [3.05, 3.63) is 70.9 Å². The Morgan fingerprint density at radius 2 is 2.03 bits per heavy atom. The van der Waals surface area contributed by atoms with Crippen molar-refractivity contribution >= 4 is 23.6 Å². The second kappa shape index (κ2) is 11.2. The van der Waals surface area contributed by atoms with Crippen LogP contribution in [0.3, 0.4) is 0 Å². The number of carboxylic acid groups (broad SMARTS) is 1. The van der Waals surface area contributed by atoms with E-state index in [1.807, 2.05) is 30.0 Å². The van der Waals surface area contributed by atoms with Gasteiger partial charge in [0.15, 0.2) is 0 Å². The van der Waals surface area contributed by atoms with Crippen LogP contribution in [-0.2, 0) is 14.3 Å². The molecule has 0 aliphatic carbocycles. The molecule has 0 fully saturated rings. The molecule has 166 valence electrons. The van der Waals surface area contributed by atoms with Gasteiger partial charge in [-0.1, -0.05) is 42.5 Å². The van der Waals surface area contributed by atoms with Crippen LogP contribution in [0, 0.1) is 0 Å². The van der Waals surface area contributed by atoms with Crippen molar-refractivity contribution < 1.29 is 24.5 Å². The molecule has 31 heavy (non-hydrogen) atoms. The van der Waals surface area contributed by atoms with Gasteiger partial charge in [0.05, 0.1) is 12.3 Å². The van der Waals surface area contributed by atoms with Crippen molar-refractivity contribution in [1.82, 2.24) is 5.32 Å². The quantitative estimate of drug-likeness (QED) is 0.387. The van der Waals surface area contributed by atoms with E-state index in [1.54, 1.807) is 6.26 Å². The van der Waals surface area contributed by atoms with Crippen molar-refractivity contribution in [1.29, 1.82) is 0 Å². The van der Waals surface area contributed by atoms with Crippen LogP contribution in [-0.4, -0.2) is 46.2 Å². The largest absolute Gasteiger partial charge is 0.488 e. The number of aliphatic hydroxyl groups excluding tert-OH is 1. The van der Waals surface area contributed by atoms with Crippen LogP contribution < -0.4 is 11.1 Å². The number of allylic oxidation sites excluding steroid dienone is 3. The number of hydrogen-bond acceptors (Lipinski definition) is 6. The van der Waals surface area contributed by atoms with Gasteiger partial charge in [-0.2, -0.15) is 0 Å². The molecule has 0 radical (unpaired) electrons. The Labute approximate surface area is 186 Å². The van der Waals surface area contributed by atoms with Gasteiger partial charge in [-0.15, -0.1) is 11.8 Å². The molecule has 8 heteroatoms. The first-order chi connectivity index (χ1) is 14.9. The molecule has 0 aromatic heterocycles. The van der Waals surface area contributed by atoms with E-state index < -0.39 is 24.1 Å². The molecule has 5 N–H and O–H groups in total. The fourth-order valence-electron chi connectivity index (χ4n) is 3.51. The summed E-state index contributed by atoms with van der Waals surface area (Å²) in [5.74, 6) is -0.300. The lowest BCUT2D eigenvalue weighted by Gasteiger charge is -2.21. The number of nitrogens with one attached hydrogen (secondary N) is 1. The van der Waals surface area contributed by atoms with Crippen LogP contribution in [0.5, 0.6) is 0 Å². The minimum Gasteiger partial charge on any atom is -0.488 e. The summed E-state index contributed by atoms with van der Waals surface area (Å²) in [6, 6.07) is 9.53. The molecule has 1 aromatic carbocycles. The molecule has 0 bridgehead atoms. The zero-order chi connectivity index (χ0) is 22.2. The third-order valence-electron chi connectivity index (χ3n) is 5.24. The molecule has 0 spiro atoms. The summed E-state index contributed by atoms with van der Waals surface area (Å²) in [5.41, 5.74) is 7.51. The van der Waals surface area contributed by atoms with Crippen LogP contribution in [0.4, 0.5) is 0 Å². The Hall–Kier alpha value is -2.55. The molecule has 3 rings (SSSR count).